The van der Waals surface area contributed by atoms with Gasteiger partial charge in [0.1, 0.15) is 61.7 Å². The summed E-state index contributed by atoms with van der Waals surface area (Å²) in [7, 11) is 2.43. The number of hydrogen-bond donors (Lipinski definition) is 3. The maximum atomic E-state index is 13.9. The van der Waals surface area contributed by atoms with Gasteiger partial charge in [-0.3, -0.25) is 33.8 Å². The van der Waals surface area contributed by atoms with Crippen molar-refractivity contribution >= 4 is 82.6 Å². The number of hydrogen-bond acceptors (Lipinski definition) is 20. The average Bonchev–Trinajstić information content (AvgIpc) is 3.96. The largest absolute Gasteiger partial charge is 0.462 e. The summed E-state index contributed by atoms with van der Waals surface area (Å²) in [4.78, 5) is 116. The van der Waals surface area contributed by atoms with E-state index in [-0.39, 0.29) is 57.0 Å². The maximum Gasteiger partial charge on any atom is 0.404 e. The number of ether oxygens (including phenoxy) is 4. The molecular weight excluding hydrogens is 839 g/mol. The summed E-state index contributed by atoms with van der Waals surface area (Å²) in [6, 6.07) is 3.63. The van der Waals surface area contributed by atoms with E-state index in [1.54, 1.807) is 0 Å². The molecule has 60 heavy (non-hydrogen) atoms. The molecule has 4 aliphatic heterocycles. The fourth-order valence-electron chi connectivity index (χ4n) is 6.23. The van der Waals surface area contributed by atoms with Crippen LogP contribution >= 0.6 is 23.5 Å². The van der Waals surface area contributed by atoms with Crippen molar-refractivity contribution in [2.45, 2.75) is 43.0 Å². The van der Waals surface area contributed by atoms with Crippen LogP contribution in [0.5, 0.6) is 0 Å². The van der Waals surface area contributed by atoms with E-state index in [1.165, 1.54) is 57.9 Å². The number of carbonyl (C=O) groups excluding carboxylic acids is 8. The Labute approximate surface area is 346 Å². The minimum absolute atomic E-state index is 0.0215. The second-order valence-electron chi connectivity index (χ2n) is 12.6. The molecule has 2 aromatic rings. The van der Waals surface area contributed by atoms with Gasteiger partial charge in [-0.15, -0.1) is 23.5 Å². The van der Waals surface area contributed by atoms with E-state index < -0.39 is 90.0 Å². The van der Waals surface area contributed by atoms with Gasteiger partial charge in [0.2, 0.25) is 17.7 Å². The summed E-state index contributed by atoms with van der Waals surface area (Å²) in [6.45, 7) is 1.22. The van der Waals surface area contributed by atoms with Crippen LogP contribution in [0.4, 0.5) is 4.79 Å². The van der Waals surface area contributed by atoms with Crippen molar-refractivity contribution < 1.29 is 75.8 Å². The molecule has 0 spiro atoms. The number of nitrogens with zero attached hydrogens (tertiary/aromatic N) is 4. The highest BCUT2D eigenvalue weighted by Crippen LogP contribution is 2.43. The lowest BCUT2D eigenvalue weighted by molar-refractivity contribution is -0.182. The number of esters is 3. The summed E-state index contributed by atoms with van der Waals surface area (Å²) < 4.78 is 31.4. The second kappa shape index (κ2) is 18.4. The highest BCUT2D eigenvalue weighted by atomic mass is 32.2. The first-order valence-electron chi connectivity index (χ1n) is 17.5. The number of primary amides is 1. The lowest BCUT2D eigenvalue weighted by atomic mass is 10.0. The van der Waals surface area contributed by atoms with Crippen LogP contribution in [0, 0.1) is 0 Å². The normalized spacial score (nSPS) is 21.7. The summed E-state index contributed by atoms with van der Waals surface area (Å²) in [5.74, 6) is -6.01. The van der Waals surface area contributed by atoms with Gasteiger partial charge in [-0.25, -0.2) is 14.4 Å². The Bertz CT molecular complexity index is 2200. The Morgan fingerprint density at radius 1 is 0.783 bits per heavy atom. The minimum atomic E-state index is -1.40. The zero-order valence-electron chi connectivity index (χ0n) is 31.9. The monoisotopic (exact) mass is 873 g/mol. The summed E-state index contributed by atoms with van der Waals surface area (Å²) in [6.07, 6.45) is 0.0629. The van der Waals surface area contributed by atoms with Crippen molar-refractivity contribution in [3.8, 4) is 0 Å². The first-order valence-corrected chi connectivity index (χ1v) is 19.6. The van der Waals surface area contributed by atoms with Crippen molar-refractivity contribution in [1.29, 1.82) is 0 Å². The fraction of sp³-hybridized carbons (Fsp3) is 0.371. The zero-order chi connectivity index (χ0) is 43.2. The molecule has 0 radical (unpaired) electrons. The van der Waals surface area contributed by atoms with Crippen LogP contribution in [-0.4, -0.2) is 137 Å². The highest BCUT2D eigenvalue weighted by Gasteiger charge is 2.57. The molecule has 4 N–H and O–H groups in total. The summed E-state index contributed by atoms with van der Waals surface area (Å²) in [5, 5.41) is 10.8. The number of oxime groups is 2. The van der Waals surface area contributed by atoms with Crippen LogP contribution in [0.15, 0.2) is 78.5 Å². The third kappa shape index (κ3) is 8.80. The van der Waals surface area contributed by atoms with Crippen molar-refractivity contribution in [3.63, 3.8) is 0 Å². The lowest BCUT2D eigenvalue weighted by Crippen LogP contribution is -2.71. The number of nitrogens with one attached hydrogen (secondary N) is 2. The quantitative estimate of drug-likeness (QED) is 0.0486. The van der Waals surface area contributed by atoms with Gasteiger partial charge in [0.05, 0.1) is 12.5 Å². The smallest absolute Gasteiger partial charge is 0.404 e. The molecule has 0 aromatic carbocycles. The van der Waals surface area contributed by atoms with Crippen molar-refractivity contribution in [3.05, 3.63) is 70.9 Å². The molecule has 0 aliphatic carbocycles. The molecule has 4 aliphatic rings. The third-order valence-corrected chi connectivity index (χ3v) is 11.4. The molecule has 6 heterocycles. The van der Waals surface area contributed by atoms with Crippen LogP contribution in [0.1, 0.15) is 25.4 Å². The fourth-order valence-corrected chi connectivity index (χ4v) is 8.89. The Morgan fingerprint density at radius 3 is 1.67 bits per heavy atom. The number of thioether (sulfide) groups is 2. The molecule has 6 rings (SSSR count). The molecule has 0 saturated carbocycles. The van der Waals surface area contributed by atoms with Crippen molar-refractivity contribution in [2.24, 2.45) is 16.0 Å². The molecule has 2 aromatic heterocycles. The van der Waals surface area contributed by atoms with Crippen LogP contribution in [0.3, 0.4) is 0 Å². The predicted molar refractivity (Wildman–Crippen MR) is 202 cm³/mol. The summed E-state index contributed by atoms with van der Waals surface area (Å²) in [5.41, 5.74) is 4.20. The van der Waals surface area contributed by atoms with E-state index in [2.05, 4.69) is 20.9 Å². The predicted octanol–water partition coefficient (Wildman–Crippen LogP) is -0.327. The number of furan rings is 2. The number of rotatable bonds is 16. The molecular formula is C35H35N7O16S2. The topological polar surface area (TPSA) is 300 Å². The Hall–Kier alpha value is -6.76. The first-order chi connectivity index (χ1) is 28.7. The van der Waals surface area contributed by atoms with E-state index in [0.717, 1.165) is 40.2 Å². The summed E-state index contributed by atoms with van der Waals surface area (Å²) >= 11 is 2.25. The van der Waals surface area contributed by atoms with E-state index in [4.69, 9.17) is 43.2 Å². The maximum absolute atomic E-state index is 13.9. The SMILES string of the molecule is CO/N=C(\C(=O)N[C@@H]1C(=O)N2C(C(=O)OCC3=C(C(=O)OC(C)OC(C)=O)N4C(=O)[C@@H](NC(=O)/C(=N\OC)c5ccco5)[C@H]4SC3)=C(COC(N)=O)CS[C@H]12)c1ccco1. The molecule has 5 amide bonds. The molecule has 0 bridgehead atoms. The van der Waals surface area contributed by atoms with Crippen LogP contribution in [0.25, 0.3) is 0 Å². The lowest BCUT2D eigenvalue weighted by Gasteiger charge is -2.50. The molecule has 2 saturated heterocycles. The third-order valence-electron chi connectivity index (χ3n) is 8.73. The number of nitrogens with two attached hydrogens (primary N) is 1. The average molecular weight is 874 g/mol. The van der Waals surface area contributed by atoms with Gasteiger partial charge in [-0.1, -0.05) is 10.3 Å². The molecule has 5 atom stereocenters. The van der Waals surface area contributed by atoms with Gasteiger partial charge in [0, 0.05) is 36.5 Å². The molecule has 25 heteroatoms. The van der Waals surface area contributed by atoms with Gasteiger partial charge in [-0.05, 0) is 24.3 Å². The Kier molecular flexibility index (Phi) is 13.2. The van der Waals surface area contributed by atoms with E-state index in [0.29, 0.717) is 0 Å². The minimum Gasteiger partial charge on any atom is -0.462 e. The number of β-lactam (4-membered cyclic amide) rings is 2. The Balaban J connectivity index is 1.22. The number of fused-ring (bicyclic) bond motifs is 2. The van der Waals surface area contributed by atoms with Gasteiger partial charge in [0.15, 0.2) is 11.5 Å². The molecule has 318 valence electrons. The van der Waals surface area contributed by atoms with Gasteiger partial charge in [0.25, 0.3) is 23.6 Å². The molecule has 2 fully saturated rings. The van der Waals surface area contributed by atoms with E-state index >= 15 is 0 Å². The van der Waals surface area contributed by atoms with Crippen molar-refractivity contribution in [2.75, 3.05) is 38.9 Å². The zero-order valence-corrected chi connectivity index (χ0v) is 33.5. The number of carbonyl (C=O) groups is 8. The molecule has 1 unspecified atom stereocenters. The van der Waals surface area contributed by atoms with Crippen LogP contribution < -0.4 is 16.4 Å². The van der Waals surface area contributed by atoms with Gasteiger partial charge >= 0.3 is 24.0 Å². The van der Waals surface area contributed by atoms with Crippen LogP contribution in [-0.2, 0) is 62.2 Å². The van der Waals surface area contributed by atoms with Crippen molar-refractivity contribution in [1.82, 2.24) is 20.4 Å². The second-order valence-corrected chi connectivity index (χ2v) is 14.8. The van der Waals surface area contributed by atoms with E-state index in [1.807, 2.05) is 0 Å². The van der Waals surface area contributed by atoms with Crippen LogP contribution in [0.2, 0.25) is 0 Å². The highest BCUT2D eigenvalue weighted by molar-refractivity contribution is 8.00. The molecule has 23 nitrogen and oxygen atoms in total. The van der Waals surface area contributed by atoms with Gasteiger partial charge in [-0.2, -0.15) is 0 Å². The first kappa shape index (κ1) is 42.8. The Morgan fingerprint density at radius 2 is 1.25 bits per heavy atom. The van der Waals surface area contributed by atoms with E-state index in [9.17, 15) is 38.4 Å². The van der Waals surface area contributed by atoms with Gasteiger partial charge < -0.3 is 53.8 Å². The number of amides is 5. The standard InChI is InChI=1S/C35H35N7O16S2/c1-15(43)57-16(2)58-34(49)26-17(13-59-32-24(30(47)42(26)32)38-28(45)22(40-52-4)20-8-6-10-54-20)11-55-33(48)25-18(12-56-35(36)50)14-60-31-23(29(46)41(25)31)37-27(44)21(39-51-3)19-7-5-9-53-19/h5-10,16,23-24,31-32H,11-14H2,1-4H3,(H2,36,50)(H,37,44)(H,38,45)/b39-21-,40-22-/t16?,23-,24-,31-,32-/m1/s1.